The second-order valence-electron chi connectivity index (χ2n) is 4.38. The Morgan fingerprint density at radius 3 is 2.65 bits per heavy atom. The highest BCUT2D eigenvalue weighted by Crippen LogP contribution is 2.37. The van der Waals surface area contributed by atoms with Crippen molar-refractivity contribution in [1.29, 1.82) is 5.26 Å². The van der Waals surface area contributed by atoms with Gasteiger partial charge in [-0.2, -0.15) is 5.26 Å². The zero-order chi connectivity index (χ0) is 14.9. The topological polar surface area (TPSA) is 62.7 Å². The Morgan fingerprint density at radius 2 is 2.10 bits per heavy atom. The summed E-state index contributed by atoms with van der Waals surface area (Å²) in [5.41, 5.74) is 8.07. The minimum Gasteiger partial charge on any atom is -0.383 e. The molecule has 1 heterocycles. The molecule has 0 saturated heterocycles. The van der Waals surface area contributed by atoms with E-state index >= 15 is 0 Å². The molecule has 3 nitrogen and oxygen atoms in total. The molecule has 1 aromatic heterocycles. The van der Waals surface area contributed by atoms with Crippen LogP contribution in [0.5, 0.6) is 0 Å². The van der Waals surface area contributed by atoms with Gasteiger partial charge >= 0.3 is 0 Å². The van der Waals surface area contributed by atoms with Crippen LogP contribution in [0.1, 0.15) is 23.7 Å². The molecule has 0 spiro atoms. The summed E-state index contributed by atoms with van der Waals surface area (Å²) in [4.78, 5) is 4.20. The second-order valence-corrected chi connectivity index (χ2v) is 4.79. The number of halogens is 2. The molecule has 0 aliphatic rings. The number of nitriles is 1. The molecule has 2 aromatic rings. The third kappa shape index (κ3) is 2.21. The fourth-order valence-corrected chi connectivity index (χ4v) is 2.51. The Balaban J connectivity index is 2.93. The second kappa shape index (κ2) is 5.48. The zero-order valence-electron chi connectivity index (χ0n) is 11.2. The fourth-order valence-electron chi connectivity index (χ4n) is 2.25. The van der Waals surface area contributed by atoms with E-state index in [1.807, 2.05) is 13.0 Å². The van der Waals surface area contributed by atoms with Crippen LogP contribution in [0, 0.1) is 24.1 Å². The molecule has 0 atom stereocenters. The normalized spacial score (nSPS) is 10.3. The Morgan fingerprint density at radius 1 is 1.40 bits per heavy atom. The average molecular weight is 290 g/mol. The minimum atomic E-state index is -0.482. The number of pyridine rings is 1. The lowest BCUT2D eigenvalue weighted by molar-refractivity contribution is 0.631. The molecule has 20 heavy (non-hydrogen) atoms. The summed E-state index contributed by atoms with van der Waals surface area (Å²) in [5, 5.41) is 9.54. The summed E-state index contributed by atoms with van der Waals surface area (Å²) in [6, 6.07) is 6.41. The van der Waals surface area contributed by atoms with E-state index in [4.69, 9.17) is 17.3 Å². The van der Waals surface area contributed by atoms with Gasteiger partial charge in [-0.1, -0.05) is 24.6 Å². The van der Waals surface area contributed by atoms with E-state index in [9.17, 15) is 9.65 Å². The highest BCUT2D eigenvalue weighted by atomic mass is 35.5. The Labute approximate surface area is 121 Å². The molecule has 2 rings (SSSR count). The monoisotopic (exact) mass is 289 g/mol. The quantitative estimate of drug-likeness (QED) is 0.913. The van der Waals surface area contributed by atoms with E-state index in [0.29, 0.717) is 12.0 Å². The Kier molecular flexibility index (Phi) is 3.91. The van der Waals surface area contributed by atoms with Crippen molar-refractivity contribution in [1.82, 2.24) is 4.98 Å². The predicted molar refractivity (Wildman–Crippen MR) is 77.9 cm³/mol. The number of hydrogen-bond donors (Lipinski definition) is 1. The number of hydrogen-bond acceptors (Lipinski definition) is 3. The van der Waals surface area contributed by atoms with Gasteiger partial charge in [0.05, 0.1) is 5.02 Å². The lowest BCUT2D eigenvalue weighted by atomic mass is 9.94. The van der Waals surface area contributed by atoms with Gasteiger partial charge in [-0.25, -0.2) is 9.37 Å². The van der Waals surface area contributed by atoms with E-state index in [2.05, 4.69) is 4.98 Å². The Bertz CT molecular complexity index is 699. The fraction of sp³-hybridized carbons (Fsp3) is 0.200. The van der Waals surface area contributed by atoms with Crippen molar-refractivity contribution in [2.75, 3.05) is 5.73 Å². The molecule has 0 radical (unpaired) electrons. The third-order valence-electron chi connectivity index (χ3n) is 3.23. The van der Waals surface area contributed by atoms with Crippen LogP contribution in [0.15, 0.2) is 18.2 Å². The average Bonchev–Trinajstić information content (AvgIpc) is 2.42. The number of anilines is 1. The lowest BCUT2D eigenvalue weighted by Crippen LogP contribution is -2.06. The van der Waals surface area contributed by atoms with Gasteiger partial charge in [0.15, 0.2) is 0 Å². The highest BCUT2D eigenvalue weighted by molar-refractivity contribution is 6.33. The summed E-state index contributed by atoms with van der Waals surface area (Å²) in [7, 11) is 0. The molecule has 1 aromatic carbocycles. The molecule has 0 fully saturated rings. The molecule has 102 valence electrons. The van der Waals surface area contributed by atoms with Crippen LogP contribution in [-0.4, -0.2) is 4.98 Å². The van der Waals surface area contributed by atoms with E-state index in [1.165, 1.54) is 12.1 Å². The molecule has 0 unspecified atom stereocenters. The van der Waals surface area contributed by atoms with E-state index in [-0.39, 0.29) is 22.0 Å². The van der Waals surface area contributed by atoms with Gasteiger partial charge in [0.1, 0.15) is 23.3 Å². The largest absolute Gasteiger partial charge is 0.383 e. The summed E-state index contributed by atoms with van der Waals surface area (Å²) in [5.74, 6) is -0.381. The molecule has 0 amide bonds. The van der Waals surface area contributed by atoms with Gasteiger partial charge in [0, 0.05) is 16.8 Å². The summed E-state index contributed by atoms with van der Waals surface area (Å²) < 4.78 is 14.1. The first-order chi connectivity index (χ1) is 9.51. The number of nitrogens with zero attached hydrogens (tertiary/aromatic N) is 2. The van der Waals surface area contributed by atoms with Crippen molar-refractivity contribution in [3.8, 4) is 17.2 Å². The van der Waals surface area contributed by atoms with Crippen LogP contribution < -0.4 is 5.73 Å². The van der Waals surface area contributed by atoms with Crippen LogP contribution in [0.4, 0.5) is 10.2 Å². The molecule has 0 aliphatic heterocycles. The van der Waals surface area contributed by atoms with Crippen LogP contribution in [0.25, 0.3) is 11.1 Å². The molecule has 0 bridgehead atoms. The predicted octanol–water partition coefficient (Wildman–Crippen LogP) is 3.87. The maximum absolute atomic E-state index is 14.1. The molecule has 0 saturated carbocycles. The van der Waals surface area contributed by atoms with Crippen molar-refractivity contribution in [2.24, 2.45) is 0 Å². The summed E-state index contributed by atoms with van der Waals surface area (Å²) in [6.07, 6.45) is 0.640. The molecular weight excluding hydrogens is 277 g/mol. The van der Waals surface area contributed by atoms with E-state index in [0.717, 1.165) is 11.3 Å². The summed E-state index contributed by atoms with van der Waals surface area (Å²) in [6.45, 7) is 3.72. The third-order valence-corrected chi connectivity index (χ3v) is 3.54. The van der Waals surface area contributed by atoms with Gasteiger partial charge in [-0.3, -0.25) is 0 Å². The smallest absolute Gasteiger partial charge is 0.142 e. The Hall–Kier alpha value is -2.12. The standard InChI is InChI=1S/C15H13ClFN3/c1-3-12-8(2)13(9(7-18)15(19)20-12)14-10(16)5-4-6-11(14)17/h4-6H,3H2,1-2H3,(H2,19,20). The van der Waals surface area contributed by atoms with Gasteiger partial charge in [-0.15, -0.1) is 0 Å². The maximum Gasteiger partial charge on any atom is 0.142 e. The number of aryl methyl sites for hydroxylation is 1. The van der Waals surface area contributed by atoms with E-state index in [1.54, 1.807) is 13.0 Å². The van der Waals surface area contributed by atoms with Gasteiger partial charge in [0.25, 0.3) is 0 Å². The van der Waals surface area contributed by atoms with Crippen LogP contribution in [0.3, 0.4) is 0 Å². The number of aromatic nitrogens is 1. The van der Waals surface area contributed by atoms with Crippen LogP contribution >= 0.6 is 11.6 Å². The first-order valence-corrected chi connectivity index (χ1v) is 6.52. The van der Waals surface area contributed by atoms with Gasteiger partial charge in [0.2, 0.25) is 0 Å². The summed E-state index contributed by atoms with van der Waals surface area (Å²) >= 11 is 6.10. The SMILES string of the molecule is CCc1nc(N)c(C#N)c(-c2c(F)cccc2Cl)c1C. The molecule has 5 heteroatoms. The van der Waals surface area contributed by atoms with Gasteiger partial charge < -0.3 is 5.73 Å². The molecule has 2 N–H and O–H groups in total. The van der Waals surface area contributed by atoms with Crippen molar-refractivity contribution < 1.29 is 4.39 Å². The van der Waals surface area contributed by atoms with Crippen molar-refractivity contribution in [2.45, 2.75) is 20.3 Å². The molecule has 0 aliphatic carbocycles. The zero-order valence-corrected chi connectivity index (χ0v) is 11.9. The van der Waals surface area contributed by atoms with Crippen molar-refractivity contribution in [3.05, 3.63) is 45.9 Å². The van der Waals surface area contributed by atoms with Crippen LogP contribution in [0.2, 0.25) is 5.02 Å². The number of benzene rings is 1. The first kappa shape index (κ1) is 14.3. The van der Waals surface area contributed by atoms with Gasteiger partial charge in [-0.05, 0) is 31.0 Å². The maximum atomic E-state index is 14.1. The lowest BCUT2D eigenvalue weighted by Gasteiger charge is -2.15. The van der Waals surface area contributed by atoms with Crippen molar-refractivity contribution >= 4 is 17.4 Å². The van der Waals surface area contributed by atoms with Crippen molar-refractivity contribution in [3.63, 3.8) is 0 Å². The highest BCUT2D eigenvalue weighted by Gasteiger charge is 2.21. The number of nitrogen functional groups attached to an aromatic ring is 1. The van der Waals surface area contributed by atoms with Crippen LogP contribution in [-0.2, 0) is 6.42 Å². The first-order valence-electron chi connectivity index (χ1n) is 6.14. The molecular formula is C15H13ClFN3. The minimum absolute atomic E-state index is 0.101. The number of nitrogens with two attached hydrogens (primary N) is 1. The van der Waals surface area contributed by atoms with E-state index < -0.39 is 5.82 Å². The number of rotatable bonds is 2.